The van der Waals surface area contributed by atoms with E-state index in [9.17, 15) is 9.59 Å². The van der Waals surface area contributed by atoms with Gasteiger partial charge in [-0.3, -0.25) is 14.2 Å². The third-order valence-corrected chi connectivity index (χ3v) is 6.22. The molecule has 0 saturated heterocycles. The van der Waals surface area contributed by atoms with Crippen LogP contribution in [0.4, 0.5) is 5.69 Å². The number of carbonyl (C=O) groups excluding carboxylic acids is 1. The number of rotatable bonds is 8. The molecule has 0 atom stereocenters. The van der Waals surface area contributed by atoms with Crippen molar-refractivity contribution >= 4 is 34.3 Å². The molecule has 0 fully saturated rings. The summed E-state index contributed by atoms with van der Waals surface area (Å²) >= 11 is 1.26. The van der Waals surface area contributed by atoms with Crippen molar-refractivity contribution in [1.82, 2.24) is 9.55 Å². The zero-order valence-electron chi connectivity index (χ0n) is 19.5. The summed E-state index contributed by atoms with van der Waals surface area (Å²) in [6, 6.07) is 24.2. The molecule has 1 heterocycles. The van der Waals surface area contributed by atoms with E-state index in [4.69, 9.17) is 9.72 Å². The molecule has 6 nitrogen and oxygen atoms in total. The van der Waals surface area contributed by atoms with Crippen LogP contribution in [0, 0.1) is 0 Å². The van der Waals surface area contributed by atoms with Crippen molar-refractivity contribution in [3.05, 3.63) is 89.2 Å². The molecule has 0 aliphatic heterocycles. The Morgan fingerprint density at radius 3 is 2.35 bits per heavy atom. The maximum Gasteiger partial charge on any atom is 0.266 e. The molecule has 0 unspecified atom stereocenters. The number of benzene rings is 3. The molecular weight excluding hydrogens is 446 g/mol. The van der Waals surface area contributed by atoms with Gasteiger partial charge in [-0.15, -0.1) is 0 Å². The number of thioether (sulfide) groups is 1. The molecule has 34 heavy (non-hydrogen) atoms. The standard InChI is InChI=1S/C27H27N3O3S/c1-4-33-22-16-14-21(15-17-22)30-26(32)23-12-8-9-13-24(23)28-27(30)34-18-25(31)29(19(2)3)20-10-6-5-7-11-20/h5-17,19H,4,18H2,1-3H3. The van der Waals surface area contributed by atoms with Gasteiger partial charge in [-0.1, -0.05) is 42.1 Å². The van der Waals surface area contributed by atoms with E-state index < -0.39 is 0 Å². The average Bonchev–Trinajstić information content (AvgIpc) is 2.84. The Bertz CT molecular complexity index is 1340. The van der Waals surface area contributed by atoms with Crippen molar-refractivity contribution in [2.75, 3.05) is 17.3 Å². The Morgan fingerprint density at radius 1 is 1.00 bits per heavy atom. The van der Waals surface area contributed by atoms with E-state index in [2.05, 4.69) is 0 Å². The number of anilines is 1. The van der Waals surface area contributed by atoms with Gasteiger partial charge in [0, 0.05) is 11.7 Å². The van der Waals surface area contributed by atoms with E-state index in [0.29, 0.717) is 28.4 Å². The quantitative estimate of drug-likeness (QED) is 0.256. The van der Waals surface area contributed by atoms with E-state index >= 15 is 0 Å². The Hall–Kier alpha value is -3.58. The maximum atomic E-state index is 13.5. The molecular formula is C27H27N3O3S. The largest absolute Gasteiger partial charge is 0.494 e. The monoisotopic (exact) mass is 473 g/mol. The number of fused-ring (bicyclic) bond motifs is 1. The smallest absolute Gasteiger partial charge is 0.266 e. The maximum absolute atomic E-state index is 13.5. The number of amides is 1. The van der Waals surface area contributed by atoms with Gasteiger partial charge in [-0.25, -0.2) is 4.98 Å². The fourth-order valence-electron chi connectivity index (χ4n) is 3.81. The highest BCUT2D eigenvalue weighted by molar-refractivity contribution is 7.99. The van der Waals surface area contributed by atoms with Crippen molar-refractivity contribution in [2.24, 2.45) is 0 Å². The molecule has 0 N–H and O–H groups in total. The van der Waals surface area contributed by atoms with Gasteiger partial charge < -0.3 is 9.64 Å². The third-order valence-electron chi connectivity index (χ3n) is 5.30. The van der Waals surface area contributed by atoms with E-state index in [1.165, 1.54) is 11.8 Å². The number of hydrogen-bond donors (Lipinski definition) is 0. The number of ether oxygens (including phenoxy) is 1. The first-order chi connectivity index (χ1) is 16.5. The van der Waals surface area contributed by atoms with E-state index in [-0.39, 0.29) is 23.3 Å². The van der Waals surface area contributed by atoms with Crippen molar-refractivity contribution in [2.45, 2.75) is 32.0 Å². The second-order valence-corrected chi connectivity index (χ2v) is 8.90. The predicted molar refractivity (Wildman–Crippen MR) is 138 cm³/mol. The highest BCUT2D eigenvalue weighted by atomic mass is 32.2. The minimum atomic E-state index is -0.173. The molecule has 0 radical (unpaired) electrons. The Labute approximate surface area is 203 Å². The lowest BCUT2D eigenvalue weighted by atomic mass is 10.2. The summed E-state index contributed by atoms with van der Waals surface area (Å²) in [5, 5.41) is 0.998. The summed E-state index contributed by atoms with van der Waals surface area (Å²) in [5.74, 6) is 0.828. The van der Waals surface area contributed by atoms with Crippen LogP contribution < -0.4 is 15.2 Å². The minimum absolute atomic E-state index is 0.00614. The van der Waals surface area contributed by atoms with Gasteiger partial charge in [0.05, 0.1) is 29.0 Å². The summed E-state index contributed by atoms with van der Waals surface area (Å²) < 4.78 is 7.11. The molecule has 0 spiro atoms. The zero-order valence-corrected chi connectivity index (χ0v) is 20.3. The van der Waals surface area contributed by atoms with Crippen LogP contribution in [0.1, 0.15) is 20.8 Å². The van der Waals surface area contributed by atoms with Crippen LogP contribution in [0.15, 0.2) is 88.8 Å². The van der Waals surface area contributed by atoms with Crippen LogP contribution in [0.5, 0.6) is 5.75 Å². The number of para-hydroxylation sites is 2. The van der Waals surface area contributed by atoms with Gasteiger partial charge in [0.2, 0.25) is 5.91 Å². The van der Waals surface area contributed by atoms with Gasteiger partial charge in [0.1, 0.15) is 5.75 Å². The first kappa shape index (κ1) is 23.6. The van der Waals surface area contributed by atoms with E-state index in [1.807, 2.05) is 93.6 Å². The van der Waals surface area contributed by atoms with Gasteiger partial charge >= 0.3 is 0 Å². The minimum Gasteiger partial charge on any atom is -0.494 e. The molecule has 4 aromatic rings. The fraction of sp³-hybridized carbons (Fsp3) is 0.222. The second kappa shape index (κ2) is 10.6. The lowest BCUT2D eigenvalue weighted by Gasteiger charge is -2.27. The van der Waals surface area contributed by atoms with Gasteiger partial charge in [-0.05, 0) is 69.3 Å². The van der Waals surface area contributed by atoms with Crippen LogP contribution in [0.3, 0.4) is 0 Å². The van der Waals surface area contributed by atoms with Gasteiger partial charge in [-0.2, -0.15) is 0 Å². The van der Waals surface area contributed by atoms with E-state index in [0.717, 1.165) is 11.4 Å². The summed E-state index contributed by atoms with van der Waals surface area (Å²) in [6.45, 7) is 6.46. The molecule has 0 aliphatic rings. The van der Waals surface area contributed by atoms with Gasteiger partial charge in [0.15, 0.2) is 5.16 Å². The SMILES string of the molecule is CCOc1ccc(-n2c(SCC(=O)N(c3ccccc3)C(C)C)nc3ccccc3c2=O)cc1. The molecule has 7 heteroatoms. The molecule has 4 rings (SSSR count). The molecule has 1 amide bonds. The first-order valence-electron chi connectivity index (χ1n) is 11.2. The molecule has 0 saturated carbocycles. The molecule has 1 aromatic heterocycles. The van der Waals surface area contributed by atoms with Crippen LogP contribution in [0.2, 0.25) is 0 Å². The average molecular weight is 474 g/mol. The van der Waals surface area contributed by atoms with Crippen LogP contribution >= 0.6 is 11.8 Å². The van der Waals surface area contributed by atoms with E-state index in [1.54, 1.807) is 15.5 Å². The Balaban J connectivity index is 1.70. The summed E-state index contributed by atoms with van der Waals surface area (Å²) in [6.07, 6.45) is 0. The normalized spacial score (nSPS) is 11.1. The van der Waals surface area contributed by atoms with Crippen LogP contribution in [-0.2, 0) is 4.79 Å². The molecule has 0 bridgehead atoms. The van der Waals surface area contributed by atoms with Crippen LogP contribution in [0.25, 0.3) is 16.6 Å². The first-order valence-corrected chi connectivity index (χ1v) is 12.2. The fourth-order valence-corrected chi connectivity index (χ4v) is 4.68. The lowest BCUT2D eigenvalue weighted by Crippen LogP contribution is -2.38. The van der Waals surface area contributed by atoms with Crippen LogP contribution in [-0.4, -0.2) is 33.9 Å². The summed E-state index contributed by atoms with van der Waals surface area (Å²) in [4.78, 5) is 33.2. The third kappa shape index (κ3) is 4.99. The lowest BCUT2D eigenvalue weighted by molar-refractivity contribution is -0.116. The molecule has 3 aromatic carbocycles. The van der Waals surface area contributed by atoms with Crippen molar-refractivity contribution in [3.63, 3.8) is 0 Å². The van der Waals surface area contributed by atoms with Crippen molar-refractivity contribution in [3.8, 4) is 11.4 Å². The number of nitrogens with zero attached hydrogens (tertiary/aromatic N) is 3. The highest BCUT2D eigenvalue weighted by Crippen LogP contribution is 2.25. The summed E-state index contributed by atoms with van der Waals surface area (Å²) in [5.41, 5.74) is 1.95. The Kier molecular flexibility index (Phi) is 7.33. The van der Waals surface area contributed by atoms with Crippen molar-refractivity contribution < 1.29 is 9.53 Å². The van der Waals surface area contributed by atoms with Gasteiger partial charge in [0.25, 0.3) is 5.56 Å². The molecule has 0 aliphatic carbocycles. The topological polar surface area (TPSA) is 64.4 Å². The Morgan fingerprint density at radius 2 is 1.68 bits per heavy atom. The number of carbonyl (C=O) groups is 1. The highest BCUT2D eigenvalue weighted by Gasteiger charge is 2.21. The molecule has 174 valence electrons. The second-order valence-electron chi connectivity index (χ2n) is 7.96. The summed E-state index contributed by atoms with van der Waals surface area (Å²) in [7, 11) is 0. The predicted octanol–water partition coefficient (Wildman–Crippen LogP) is 5.32. The number of hydrogen-bond acceptors (Lipinski definition) is 5. The zero-order chi connectivity index (χ0) is 24.1. The number of aromatic nitrogens is 2. The van der Waals surface area contributed by atoms with Crippen molar-refractivity contribution in [1.29, 1.82) is 0 Å².